The topological polar surface area (TPSA) is 43.8 Å². The molecule has 0 saturated heterocycles. The molecule has 2 N–H and O–H groups in total. The Morgan fingerprint density at radius 2 is 2.06 bits per heavy atom. The van der Waals surface area contributed by atoms with Crippen molar-refractivity contribution in [3.63, 3.8) is 0 Å². The van der Waals surface area contributed by atoms with Crippen molar-refractivity contribution in [2.75, 3.05) is 0 Å². The third-order valence-electron chi connectivity index (χ3n) is 3.78. The number of hydrogen-bond acceptors (Lipinski definition) is 2. The quantitative estimate of drug-likeness (QED) is 0.822. The van der Waals surface area contributed by atoms with E-state index in [2.05, 4.69) is 4.98 Å². The van der Waals surface area contributed by atoms with E-state index in [9.17, 15) is 4.39 Å². The first-order valence-electron chi connectivity index (χ1n) is 6.01. The highest BCUT2D eigenvalue weighted by Gasteiger charge is 2.35. The maximum atomic E-state index is 13.2. The SMILES string of the molecule is Cn1c(C2(N)CCCC2)nc2ccc(F)cc21. The molecule has 1 heterocycles. The van der Waals surface area contributed by atoms with Crippen LogP contribution in [0.2, 0.25) is 0 Å². The molecule has 2 aromatic rings. The van der Waals surface area contributed by atoms with Crippen molar-refractivity contribution in [1.29, 1.82) is 0 Å². The van der Waals surface area contributed by atoms with Crippen LogP contribution in [0.3, 0.4) is 0 Å². The molecule has 0 radical (unpaired) electrons. The summed E-state index contributed by atoms with van der Waals surface area (Å²) in [5.74, 6) is 0.653. The van der Waals surface area contributed by atoms with Gasteiger partial charge in [-0.3, -0.25) is 0 Å². The average Bonchev–Trinajstić information content (AvgIpc) is 2.86. The summed E-state index contributed by atoms with van der Waals surface area (Å²) in [6.07, 6.45) is 4.22. The van der Waals surface area contributed by atoms with Gasteiger partial charge in [0.15, 0.2) is 0 Å². The molecule has 1 aliphatic rings. The van der Waals surface area contributed by atoms with Crippen LogP contribution in [0, 0.1) is 5.82 Å². The van der Waals surface area contributed by atoms with Crippen molar-refractivity contribution in [3.8, 4) is 0 Å². The second-order valence-corrected chi connectivity index (χ2v) is 4.99. The number of rotatable bonds is 1. The zero-order chi connectivity index (χ0) is 12.0. The normalized spacial score (nSPS) is 19.0. The number of hydrogen-bond donors (Lipinski definition) is 1. The number of halogens is 1. The van der Waals surface area contributed by atoms with Gasteiger partial charge in [0.25, 0.3) is 0 Å². The van der Waals surface area contributed by atoms with E-state index < -0.39 is 0 Å². The smallest absolute Gasteiger partial charge is 0.129 e. The molecule has 3 nitrogen and oxygen atoms in total. The Bertz CT molecular complexity index is 567. The maximum Gasteiger partial charge on any atom is 0.129 e. The number of aromatic nitrogens is 2. The summed E-state index contributed by atoms with van der Waals surface area (Å²) in [6.45, 7) is 0. The van der Waals surface area contributed by atoms with E-state index in [0.717, 1.165) is 42.5 Å². The van der Waals surface area contributed by atoms with Gasteiger partial charge in [0, 0.05) is 7.05 Å². The summed E-state index contributed by atoms with van der Waals surface area (Å²) < 4.78 is 15.2. The molecule has 4 heteroatoms. The van der Waals surface area contributed by atoms with Crippen LogP contribution in [0.15, 0.2) is 18.2 Å². The third kappa shape index (κ3) is 1.55. The van der Waals surface area contributed by atoms with Crippen LogP contribution in [0.1, 0.15) is 31.5 Å². The summed E-state index contributed by atoms with van der Waals surface area (Å²) in [7, 11) is 1.91. The van der Waals surface area contributed by atoms with Gasteiger partial charge in [0.2, 0.25) is 0 Å². The van der Waals surface area contributed by atoms with Crippen LogP contribution in [0.4, 0.5) is 4.39 Å². The van der Waals surface area contributed by atoms with Crippen molar-refractivity contribution < 1.29 is 4.39 Å². The Kier molecular flexibility index (Phi) is 2.23. The molecule has 0 spiro atoms. The highest BCUT2D eigenvalue weighted by Crippen LogP contribution is 2.36. The predicted octanol–water partition coefficient (Wildman–Crippen LogP) is 2.44. The lowest BCUT2D eigenvalue weighted by Gasteiger charge is -2.22. The van der Waals surface area contributed by atoms with E-state index in [4.69, 9.17) is 5.73 Å². The minimum atomic E-state index is -0.329. The highest BCUT2D eigenvalue weighted by molar-refractivity contribution is 5.76. The second kappa shape index (κ2) is 3.53. The molecule has 1 aromatic heterocycles. The summed E-state index contributed by atoms with van der Waals surface area (Å²) in [5.41, 5.74) is 7.71. The second-order valence-electron chi connectivity index (χ2n) is 4.99. The number of aryl methyl sites for hydroxylation is 1. The van der Waals surface area contributed by atoms with E-state index in [1.165, 1.54) is 12.1 Å². The predicted molar refractivity (Wildman–Crippen MR) is 65.0 cm³/mol. The zero-order valence-electron chi connectivity index (χ0n) is 9.91. The Morgan fingerprint density at radius 1 is 1.35 bits per heavy atom. The molecule has 0 aliphatic heterocycles. The van der Waals surface area contributed by atoms with Crippen LogP contribution < -0.4 is 5.73 Å². The molecular weight excluding hydrogens is 217 g/mol. The third-order valence-corrected chi connectivity index (χ3v) is 3.78. The average molecular weight is 233 g/mol. The standard InChI is InChI=1S/C13H16FN3/c1-17-11-8-9(14)4-5-10(11)16-12(17)13(15)6-2-3-7-13/h4-5,8H,2-3,6-7,15H2,1H3. The first-order chi connectivity index (χ1) is 8.10. The minimum Gasteiger partial charge on any atom is -0.329 e. The molecule has 1 aliphatic carbocycles. The lowest BCUT2D eigenvalue weighted by molar-refractivity contribution is 0.420. The van der Waals surface area contributed by atoms with Gasteiger partial charge in [-0.1, -0.05) is 12.8 Å². The minimum absolute atomic E-state index is 0.232. The van der Waals surface area contributed by atoms with Crippen LogP contribution in [-0.4, -0.2) is 9.55 Å². The van der Waals surface area contributed by atoms with E-state index >= 15 is 0 Å². The van der Waals surface area contributed by atoms with Crippen molar-refractivity contribution in [1.82, 2.24) is 9.55 Å². The Morgan fingerprint density at radius 3 is 2.76 bits per heavy atom. The first-order valence-corrected chi connectivity index (χ1v) is 6.01. The largest absolute Gasteiger partial charge is 0.329 e. The van der Waals surface area contributed by atoms with Gasteiger partial charge in [-0.25, -0.2) is 9.37 Å². The van der Waals surface area contributed by atoms with E-state index in [1.807, 2.05) is 11.6 Å². The van der Waals surface area contributed by atoms with E-state index in [-0.39, 0.29) is 11.4 Å². The van der Waals surface area contributed by atoms with Crippen LogP contribution in [0.5, 0.6) is 0 Å². The fourth-order valence-corrected chi connectivity index (χ4v) is 2.84. The maximum absolute atomic E-state index is 13.2. The van der Waals surface area contributed by atoms with Gasteiger partial charge in [-0.05, 0) is 31.0 Å². The molecule has 0 atom stereocenters. The molecule has 90 valence electrons. The summed E-state index contributed by atoms with van der Waals surface area (Å²) >= 11 is 0. The number of imidazole rings is 1. The van der Waals surface area contributed by atoms with Crippen molar-refractivity contribution in [3.05, 3.63) is 29.8 Å². The first kappa shape index (κ1) is 10.7. The molecular formula is C13H16FN3. The van der Waals surface area contributed by atoms with Gasteiger partial charge >= 0.3 is 0 Å². The van der Waals surface area contributed by atoms with Crippen molar-refractivity contribution >= 4 is 11.0 Å². The van der Waals surface area contributed by atoms with Gasteiger partial charge in [0.1, 0.15) is 11.6 Å². The molecule has 3 rings (SSSR count). The van der Waals surface area contributed by atoms with Crippen molar-refractivity contribution in [2.45, 2.75) is 31.2 Å². The number of nitrogens with zero attached hydrogens (tertiary/aromatic N) is 2. The van der Waals surface area contributed by atoms with Gasteiger partial charge < -0.3 is 10.3 Å². The van der Waals surface area contributed by atoms with E-state index in [1.54, 1.807) is 6.07 Å². The van der Waals surface area contributed by atoms with Gasteiger partial charge in [0.05, 0.1) is 16.6 Å². The van der Waals surface area contributed by atoms with Gasteiger partial charge in [-0.15, -0.1) is 0 Å². The van der Waals surface area contributed by atoms with Crippen LogP contribution >= 0.6 is 0 Å². The summed E-state index contributed by atoms with van der Waals surface area (Å²) in [6, 6.07) is 4.67. The molecule has 1 fully saturated rings. The Hall–Kier alpha value is -1.42. The zero-order valence-corrected chi connectivity index (χ0v) is 9.91. The number of benzene rings is 1. The number of nitrogens with two attached hydrogens (primary N) is 1. The number of fused-ring (bicyclic) bond motifs is 1. The Labute approximate surface area is 99.4 Å². The van der Waals surface area contributed by atoms with Crippen LogP contribution in [0.25, 0.3) is 11.0 Å². The summed E-state index contributed by atoms with van der Waals surface area (Å²) in [4.78, 5) is 4.58. The summed E-state index contributed by atoms with van der Waals surface area (Å²) in [5, 5.41) is 0. The highest BCUT2D eigenvalue weighted by atomic mass is 19.1. The fraction of sp³-hybridized carbons (Fsp3) is 0.462. The van der Waals surface area contributed by atoms with E-state index in [0.29, 0.717) is 0 Å². The molecule has 0 amide bonds. The lowest BCUT2D eigenvalue weighted by atomic mass is 9.98. The molecule has 1 aromatic carbocycles. The molecule has 0 bridgehead atoms. The lowest BCUT2D eigenvalue weighted by Crippen LogP contribution is -2.36. The molecule has 1 saturated carbocycles. The van der Waals surface area contributed by atoms with Crippen molar-refractivity contribution in [2.24, 2.45) is 12.8 Å². The van der Waals surface area contributed by atoms with Gasteiger partial charge in [-0.2, -0.15) is 0 Å². The van der Waals surface area contributed by atoms with Crippen LogP contribution in [-0.2, 0) is 12.6 Å². The Balaban J connectivity index is 2.20. The fourth-order valence-electron chi connectivity index (χ4n) is 2.84. The molecule has 0 unspecified atom stereocenters. The monoisotopic (exact) mass is 233 g/mol. The molecule has 17 heavy (non-hydrogen) atoms.